The molecule has 2 aliphatic rings. The van der Waals surface area contributed by atoms with E-state index in [0.29, 0.717) is 12.5 Å². The normalized spacial score (nSPS) is 24.0. The highest BCUT2D eigenvalue weighted by molar-refractivity contribution is 5.97. The van der Waals surface area contributed by atoms with E-state index >= 15 is 0 Å². The van der Waals surface area contributed by atoms with Gasteiger partial charge in [-0.25, -0.2) is 0 Å². The molecule has 1 N–H and O–H groups in total. The summed E-state index contributed by atoms with van der Waals surface area (Å²) >= 11 is 0. The first-order valence-electron chi connectivity index (χ1n) is 9.32. The summed E-state index contributed by atoms with van der Waals surface area (Å²) in [5.41, 5.74) is -4.03. The summed E-state index contributed by atoms with van der Waals surface area (Å²) in [4.78, 5) is 14.9. The number of hydrogen-bond acceptors (Lipinski definition) is 2. The maximum absolute atomic E-state index is 13.4. The Kier molecular flexibility index (Phi) is 5.67. The third-order valence-electron chi connectivity index (χ3n) is 5.60. The monoisotopic (exact) mass is 408 g/mol. The van der Waals surface area contributed by atoms with Crippen LogP contribution in [-0.2, 0) is 12.4 Å². The van der Waals surface area contributed by atoms with Crippen molar-refractivity contribution in [3.05, 3.63) is 34.4 Å². The average Bonchev–Trinajstić information content (AvgIpc) is 3.23. The standard InChI is InChI=1S/C19H22F6N2O/c1-11-9-12(18(20,21)22)10-13(19(23,24)25)16(11)17(28)26-14-5-4-6-15(14)27-7-2-3-8-27/h9-10,14-15H,2-8H2,1H3,(H,26,28)/t14-,15+/m0/s1. The Labute approximate surface area is 159 Å². The molecule has 1 saturated carbocycles. The smallest absolute Gasteiger partial charge is 0.348 e. The number of likely N-dealkylation sites (tertiary alicyclic amines) is 1. The van der Waals surface area contributed by atoms with Crippen LogP contribution in [0.2, 0.25) is 0 Å². The fourth-order valence-electron chi connectivity index (χ4n) is 4.34. The highest BCUT2D eigenvalue weighted by Gasteiger charge is 2.41. The maximum Gasteiger partial charge on any atom is 0.417 e. The number of amides is 1. The largest absolute Gasteiger partial charge is 0.417 e. The van der Waals surface area contributed by atoms with Gasteiger partial charge in [0, 0.05) is 12.1 Å². The van der Waals surface area contributed by atoms with E-state index in [0.717, 1.165) is 45.7 Å². The number of halogens is 6. The Balaban J connectivity index is 1.90. The molecule has 1 amide bonds. The zero-order valence-corrected chi connectivity index (χ0v) is 15.4. The van der Waals surface area contributed by atoms with E-state index < -0.39 is 35.0 Å². The minimum absolute atomic E-state index is 0.0223. The molecule has 1 aliphatic carbocycles. The number of alkyl halides is 6. The van der Waals surface area contributed by atoms with E-state index in [-0.39, 0.29) is 23.7 Å². The highest BCUT2D eigenvalue weighted by Crippen LogP contribution is 2.39. The minimum atomic E-state index is -5.07. The second kappa shape index (κ2) is 7.57. The summed E-state index contributed by atoms with van der Waals surface area (Å²) in [5.74, 6) is -0.963. The highest BCUT2D eigenvalue weighted by atomic mass is 19.4. The summed E-state index contributed by atoms with van der Waals surface area (Å²) in [6, 6.07) is 0.384. The van der Waals surface area contributed by atoms with Crippen molar-refractivity contribution in [1.82, 2.24) is 10.2 Å². The van der Waals surface area contributed by atoms with Crippen molar-refractivity contribution < 1.29 is 31.1 Å². The molecule has 1 saturated heterocycles. The number of benzene rings is 1. The molecular formula is C19H22F6N2O. The first-order valence-corrected chi connectivity index (χ1v) is 9.32. The topological polar surface area (TPSA) is 32.3 Å². The quantitative estimate of drug-likeness (QED) is 0.731. The van der Waals surface area contributed by atoms with Gasteiger partial charge in [-0.3, -0.25) is 9.69 Å². The third kappa shape index (κ3) is 4.29. The van der Waals surface area contributed by atoms with E-state index in [2.05, 4.69) is 10.2 Å². The van der Waals surface area contributed by atoms with Crippen molar-refractivity contribution in [2.45, 2.75) is 63.5 Å². The second-order valence-corrected chi connectivity index (χ2v) is 7.53. The van der Waals surface area contributed by atoms with Crippen LogP contribution in [0.5, 0.6) is 0 Å². The van der Waals surface area contributed by atoms with Crippen molar-refractivity contribution >= 4 is 5.91 Å². The number of carbonyl (C=O) groups is 1. The summed E-state index contributed by atoms with van der Waals surface area (Å²) in [6.45, 7) is 2.89. The Morgan fingerprint density at radius 1 is 1.00 bits per heavy atom. The Morgan fingerprint density at radius 3 is 2.21 bits per heavy atom. The molecule has 0 unspecified atom stereocenters. The van der Waals surface area contributed by atoms with Gasteiger partial charge in [0.2, 0.25) is 0 Å². The fourth-order valence-corrected chi connectivity index (χ4v) is 4.34. The molecule has 1 aromatic carbocycles. The van der Waals surface area contributed by atoms with Crippen LogP contribution in [0.25, 0.3) is 0 Å². The molecular weight excluding hydrogens is 386 g/mol. The lowest BCUT2D eigenvalue weighted by Gasteiger charge is -2.30. The predicted molar refractivity (Wildman–Crippen MR) is 90.9 cm³/mol. The molecule has 28 heavy (non-hydrogen) atoms. The van der Waals surface area contributed by atoms with E-state index in [1.165, 1.54) is 0 Å². The van der Waals surface area contributed by atoms with Crippen LogP contribution in [0.4, 0.5) is 26.3 Å². The number of nitrogens with zero attached hydrogens (tertiary/aromatic N) is 1. The Morgan fingerprint density at radius 2 is 1.64 bits per heavy atom. The molecule has 0 radical (unpaired) electrons. The second-order valence-electron chi connectivity index (χ2n) is 7.53. The Bertz CT molecular complexity index is 737. The number of hydrogen-bond donors (Lipinski definition) is 1. The van der Waals surface area contributed by atoms with Crippen LogP contribution in [0.15, 0.2) is 12.1 Å². The van der Waals surface area contributed by atoms with Gasteiger partial charge in [0.05, 0.1) is 16.7 Å². The molecule has 0 aromatic heterocycles. The minimum Gasteiger partial charge on any atom is -0.348 e. The molecule has 1 aliphatic heterocycles. The third-order valence-corrected chi connectivity index (χ3v) is 5.60. The first-order chi connectivity index (χ1) is 13.0. The summed E-state index contributed by atoms with van der Waals surface area (Å²) in [7, 11) is 0. The SMILES string of the molecule is Cc1cc(C(F)(F)F)cc(C(F)(F)F)c1C(=O)N[C@H]1CCC[C@H]1N1CCCC1. The van der Waals surface area contributed by atoms with E-state index in [9.17, 15) is 31.1 Å². The molecule has 2 fully saturated rings. The zero-order chi connectivity index (χ0) is 20.7. The van der Waals surface area contributed by atoms with Crippen LogP contribution >= 0.6 is 0 Å². The molecule has 0 spiro atoms. The molecule has 9 heteroatoms. The molecule has 3 nitrogen and oxygen atoms in total. The van der Waals surface area contributed by atoms with Gasteiger partial charge in [0.25, 0.3) is 5.91 Å². The van der Waals surface area contributed by atoms with E-state index in [4.69, 9.17) is 0 Å². The van der Waals surface area contributed by atoms with Gasteiger partial charge >= 0.3 is 12.4 Å². The lowest BCUT2D eigenvalue weighted by atomic mass is 9.96. The summed E-state index contributed by atoms with van der Waals surface area (Å²) in [5, 5.41) is 2.67. The van der Waals surface area contributed by atoms with Crippen LogP contribution < -0.4 is 5.32 Å². The van der Waals surface area contributed by atoms with Crippen molar-refractivity contribution in [2.75, 3.05) is 13.1 Å². The van der Waals surface area contributed by atoms with Crippen LogP contribution in [0.1, 0.15) is 59.2 Å². The molecule has 156 valence electrons. The summed E-state index contributed by atoms with van der Waals surface area (Å²) < 4.78 is 79.2. The number of rotatable bonds is 3. The van der Waals surface area contributed by atoms with Crippen molar-refractivity contribution in [2.24, 2.45) is 0 Å². The number of carbonyl (C=O) groups excluding carboxylic acids is 1. The van der Waals surface area contributed by atoms with Crippen LogP contribution in [0, 0.1) is 6.92 Å². The van der Waals surface area contributed by atoms with Gasteiger partial charge in [-0.1, -0.05) is 0 Å². The lowest BCUT2D eigenvalue weighted by Crippen LogP contribution is -2.48. The van der Waals surface area contributed by atoms with E-state index in [1.807, 2.05) is 0 Å². The van der Waals surface area contributed by atoms with Gasteiger partial charge in [0.15, 0.2) is 0 Å². The lowest BCUT2D eigenvalue weighted by molar-refractivity contribution is -0.143. The van der Waals surface area contributed by atoms with Gasteiger partial charge in [-0.2, -0.15) is 26.3 Å². The van der Waals surface area contributed by atoms with Gasteiger partial charge in [-0.15, -0.1) is 0 Å². The average molecular weight is 408 g/mol. The molecule has 1 heterocycles. The van der Waals surface area contributed by atoms with Crippen molar-refractivity contribution in [1.29, 1.82) is 0 Å². The molecule has 0 bridgehead atoms. The van der Waals surface area contributed by atoms with Crippen LogP contribution in [-0.4, -0.2) is 36.0 Å². The Hall–Kier alpha value is -1.77. The van der Waals surface area contributed by atoms with Crippen molar-refractivity contribution in [3.8, 4) is 0 Å². The van der Waals surface area contributed by atoms with Gasteiger partial charge < -0.3 is 5.32 Å². The van der Waals surface area contributed by atoms with Gasteiger partial charge in [0.1, 0.15) is 0 Å². The number of nitrogens with one attached hydrogen (secondary N) is 1. The summed E-state index contributed by atoms with van der Waals surface area (Å²) in [6.07, 6.45) is -5.54. The predicted octanol–water partition coefficient (Wildman–Crippen LogP) is 4.78. The van der Waals surface area contributed by atoms with Crippen LogP contribution in [0.3, 0.4) is 0 Å². The molecule has 2 atom stereocenters. The zero-order valence-electron chi connectivity index (χ0n) is 15.4. The molecule has 3 rings (SSSR count). The first kappa shape index (κ1) is 21.0. The molecule has 1 aromatic rings. The number of aryl methyl sites for hydroxylation is 1. The fraction of sp³-hybridized carbons (Fsp3) is 0.632. The van der Waals surface area contributed by atoms with E-state index in [1.54, 1.807) is 0 Å². The van der Waals surface area contributed by atoms with Gasteiger partial charge in [-0.05, 0) is 69.8 Å². The maximum atomic E-state index is 13.4. The van der Waals surface area contributed by atoms with Crippen molar-refractivity contribution in [3.63, 3.8) is 0 Å².